The summed E-state index contributed by atoms with van der Waals surface area (Å²) in [6.07, 6.45) is 2.60. The minimum absolute atomic E-state index is 0.00930. The third kappa shape index (κ3) is 5.49. The molecule has 0 aromatic carbocycles. The van der Waals surface area contributed by atoms with Crippen molar-refractivity contribution in [1.82, 2.24) is 54.1 Å². The van der Waals surface area contributed by atoms with Crippen LogP contribution in [0.1, 0.15) is 32.1 Å². The summed E-state index contributed by atoms with van der Waals surface area (Å²) >= 11 is 0. The summed E-state index contributed by atoms with van der Waals surface area (Å²) in [6.45, 7) is 2.58. The molecule has 0 aliphatic heterocycles. The number of methoxy groups -OCH3 is 1. The zero-order valence-corrected chi connectivity index (χ0v) is 25.4. The molecule has 5 heterocycles. The molecule has 46 heavy (non-hydrogen) atoms. The van der Waals surface area contributed by atoms with E-state index in [1.807, 2.05) is 0 Å². The number of aliphatic hydroxyl groups excluding tert-OH is 1. The summed E-state index contributed by atoms with van der Waals surface area (Å²) in [6, 6.07) is 0. The molecule has 5 rings (SSSR count). The molecular formula is C24H28N18O4. The zero-order valence-electron chi connectivity index (χ0n) is 25.4. The molecule has 0 fully saturated rings. The van der Waals surface area contributed by atoms with Gasteiger partial charge < -0.3 is 26.6 Å². The number of hydrogen-bond acceptors (Lipinski definition) is 18. The monoisotopic (exact) mass is 632 g/mol. The van der Waals surface area contributed by atoms with Gasteiger partial charge in [0.15, 0.2) is 40.4 Å². The Morgan fingerprint density at radius 3 is 1.78 bits per heavy atom. The molecule has 238 valence electrons. The molecule has 0 amide bonds. The van der Waals surface area contributed by atoms with E-state index in [1.54, 1.807) is 35.0 Å². The van der Waals surface area contributed by atoms with E-state index in [2.05, 4.69) is 61.1 Å². The Kier molecular flexibility index (Phi) is 8.27. The first-order valence-corrected chi connectivity index (χ1v) is 13.2. The number of rotatable bonds is 10. The molecule has 0 saturated heterocycles. The van der Waals surface area contributed by atoms with Gasteiger partial charge in [-0.15, -0.1) is 20.5 Å². The fourth-order valence-electron chi connectivity index (χ4n) is 4.11. The molecule has 0 atom stereocenters. The lowest BCUT2D eigenvalue weighted by Gasteiger charge is -2.08. The Morgan fingerprint density at radius 1 is 0.848 bits per heavy atom. The van der Waals surface area contributed by atoms with Gasteiger partial charge in [0.05, 0.1) is 36.5 Å². The molecule has 0 saturated carbocycles. The van der Waals surface area contributed by atoms with Crippen molar-refractivity contribution in [2.24, 2.45) is 34.6 Å². The maximum Gasteiger partial charge on any atom is 0.343 e. The maximum absolute atomic E-state index is 12.1. The predicted octanol–water partition coefficient (Wildman–Crippen LogP) is 1.33. The fraction of sp³-hybridized carbons (Fsp3) is 0.292. The number of Topliss-reactive ketones (excluding diaryl/α,β-unsaturated/α-hetero) is 1. The average Bonchev–Trinajstić information content (AvgIpc) is 3.77. The fourth-order valence-corrected chi connectivity index (χ4v) is 4.11. The molecule has 0 aliphatic carbocycles. The molecule has 5 aromatic heterocycles. The van der Waals surface area contributed by atoms with Gasteiger partial charge in [-0.3, -0.25) is 4.79 Å². The molecule has 0 aliphatic rings. The number of ether oxygens (including phenoxy) is 1. The summed E-state index contributed by atoms with van der Waals surface area (Å²) < 4.78 is 9.92. The number of ketones is 1. The lowest BCUT2D eigenvalue weighted by atomic mass is 10.2. The number of aryl methyl sites for hydroxylation is 4. The number of nitrogen functional groups attached to an aromatic ring is 2. The van der Waals surface area contributed by atoms with E-state index in [9.17, 15) is 14.7 Å². The van der Waals surface area contributed by atoms with Crippen molar-refractivity contribution in [2.75, 3.05) is 37.5 Å². The SMILES string of the molecule is CNc1nc(-n2nc(C)c(N=Nc3c(C(=O)CO)cnn3C)c2N)nc(-n2nc(C)c(N=Nc3c(C(=O)OC)cnn3C)c2N)n1. The van der Waals surface area contributed by atoms with Gasteiger partial charge in [-0.1, -0.05) is 0 Å². The number of anilines is 3. The minimum Gasteiger partial charge on any atom is -0.465 e. The highest BCUT2D eigenvalue weighted by atomic mass is 16.5. The van der Waals surface area contributed by atoms with E-state index in [-0.39, 0.29) is 63.6 Å². The first-order chi connectivity index (χ1) is 22.0. The first kappa shape index (κ1) is 31.0. The summed E-state index contributed by atoms with van der Waals surface area (Å²) in [5.74, 6) is -0.766. The Bertz CT molecular complexity index is 1890. The van der Waals surface area contributed by atoms with Crippen LogP contribution in [0, 0.1) is 13.8 Å². The molecular weight excluding hydrogens is 604 g/mol. The van der Waals surface area contributed by atoms with Gasteiger partial charge in [0.1, 0.15) is 12.2 Å². The normalized spacial score (nSPS) is 11.6. The van der Waals surface area contributed by atoms with Gasteiger partial charge in [0.2, 0.25) is 5.95 Å². The summed E-state index contributed by atoms with van der Waals surface area (Å²) in [5, 5.41) is 45.7. The van der Waals surface area contributed by atoms with Gasteiger partial charge in [0, 0.05) is 21.1 Å². The van der Waals surface area contributed by atoms with Gasteiger partial charge in [-0.05, 0) is 13.8 Å². The molecule has 0 spiro atoms. The largest absolute Gasteiger partial charge is 0.465 e. The highest BCUT2D eigenvalue weighted by Crippen LogP contribution is 2.33. The number of esters is 1. The molecule has 5 aromatic rings. The van der Waals surface area contributed by atoms with Crippen LogP contribution < -0.4 is 16.8 Å². The lowest BCUT2D eigenvalue weighted by Crippen LogP contribution is -2.15. The van der Waals surface area contributed by atoms with E-state index < -0.39 is 18.4 Å². The van der Waals surface area contributed by atoms with E-state index >= 15 is 0 Å². The van der Waals surface area contributed by atoms with Crippen molar-refractivity contribution in [3.63, 3.8) is 0 Å². The number of carbonyl (C=O) groups is 2. The Balaban J connectivity index is 1.53. The summed E-state index contributed by atoms with van der Waals surface area (Å²) in [5.41, 5.74) is 14.1. The van der Waals surface area contributed by atoms with Crippen molar-refractivity contribution < 1.29 is 19.4 Å². The van der Waals surface area contributed by atoms with E-state index in [1.165, 1.54) is 38.2 Å². The average molecular weight is 633 g/mol. The number of nitrogens with two attached hydrogens (primary N) is 2. The summed E-state index contributed by atoms with van der Waals surface area (Å²) in [7, 11) is 6.01. The number of hydrogen-bond donors (Lipinski definition) is 4. The second kappa shape index (κ2) is 12.3. The van der Waals surface area contributed by atoms with Gasteiger partial charge in [-0.2, -0.15) is 44.7 Å². The van der Waals surface area contributed by atoms with Crippen molar-refractivity contribution in [3.8, 4) is 11.9 Å². The number of carbonyl (C=O) groups excluding carboxylic acids is 2. The highest BCUT2D eigenvalue weighted by molar-refractivity contribution is 6.00. The van der Waals surface area contributed by atoms with Gasteiger partial charge in [0.25, 0.3) is 11.9 Å². The van der Waals surface area contributed by atoms with Crippen LogP contribution in [-0.4, -0.2) is 91.7 Å². The van der Waals surface area contributed by atoms with Crippen LogP contribution in [0.3, 0.4) is 0 Å². The lowest BCUT2D eigenvalue weighted by molar-refractivity contribution is 0.0601. The molecule has 6 N–H and O–H groups in total. The van der Waals surface area contributed by atoms with E-state index in [0.717, 1.165) is 0 Å². The van der Waals surface area contributed by atoms with Crippen molar-refractivity contribution in [3.05, 3.63) is 34.9 Å². The number of aromatic nitrogens is 11. The van der Waals surface area contributed by atoms with Crippen LogP contribution in [0.25, 0.3) is 11.9 Å². The molecule has 0 bridgehead atoms. The second-order valence-corrected chi connectivity index (χ2v) is 9.45. The second-order valence-electron chi connectivity index (χ2n) is 9.45. The highest BCUT2D eigenvalue weighted by Gasteiger charge is 2.23. The maximum atomic E-state index is 12.1. The van der Waals surface area contributed by atoms with Gasteiger partial charge >= 0.3 is 5.97 Å². The van der Waals surface area contributed by atoms with Gasteiger partial charge in [-0.25, -0.2) is 14.2 Å². The topological polar surface area (TPSA) is 287 Å². The number of nitrogens with zero attached hydrogens (tertiary/aromatic N) is 15. The first-order valence-electron chi connectivity index (χ1n) is 13.2. The van der Waals surface area contributed by atoms with Crippen LogP contribution in [0.2, 0.25) is 0 Å². The Morgan fingerprint density at radius 2 is 1.33 bits per heavy atom. The van der Waals surface area contributed by atoms with Crippen molar-refractivity contribution in [1.29, 1.82) is 0 Å². The quantitative estimate of drug-likeness (QED) is 0.0959. The zero-order chi connectivity index (χ0) is 33.3. The van der Waals surface area contributed by atoms with Crippen LogP contribution >= 0.6 is 0 Å². The standard InChI is InChI=1S/C24H28N18O4/c1-10-15(33-35-19-12(14(44)9-43)7-28-39(19)4)17(25)41(37-10)23-30-22(27-3)31-24(32-23)42-18(26)16(11(2)38-42)34-36-20-13(21(45)46-6)8-29-40(20)5/h7-8,43H,9,25-26H2,1-6H3,(H,27,30,31,32). The van der Waals surface area contributed by atoms with Crippen molar-refractivity contribution in [2.45, 2.75) is 13.8 Å². The number of aliphatic hydroxyl groups is 1. The Hall–Kier alpha value is -6.45. The number of nitrogens with one attached hydrogen (secondary N) is 1. The molecule has 0 unspecified atom stereocenters. The predicted molar refractivity (Wildman–Crippen MR) is 159 cm³/mol. The van der Waals surface area contributed by atoms with Crippen molar-refractivity contribution >= 4 is 52.3 Å². The van der Waals surface area contributed by atoms with E-state index in [4.69, 9.17) is 16.2 Å². The smallest absolute Gasteiger partial charge is 0.343 e. The molecule has 0 radical (unpaired) electrons. The third-order valence-electron chi connectivity index (χ3n) is 6.50. The third-order valence-corrected chi connectivity index (χ3v) is 6.50. The van der Waals surface area contributed by atoms with Crippen LogP contribution in [0.5, 0.6) is 0 Å². The minimum atomic E-state index is -0.714. The Labute approximate surface area is 258 Å². The van der Waals surface area contributed by atoms with Crippen LogP contribution in [0.15, 0.2) is 32.9 Å². The van der Waals surface area contributed by atoms with E-state index in [0.29, 0.717) is 11.4 Å². The van der Waals surface area contributed by atoms with Crippen LogP contribution in [0.4, 0.5) is 40.6 Å². The number of azo groups is 2. The molecule has 22 nitrogen and oxygen atoms in total. The van der Waals surface area contributed by atoms with Crippen LogP contribution in [-0.2, 0) is 18.8 Å². The summed E-state index contributed by atoms with van der Waals surface area (Å²) in [4.78, 5) is 37.4. The molecule has 22 heteroatoms.